The molecule has 2 heterocycles. The monoisotopic (exact) mass is 427 g/mol. The molecule has 1 aliphatic heterocycles. The molecule has 3 rings (SSSR count). The van der Waals surface area contributed by atoms with Crippen molar-refractivity contribution < 1.29 is 19.1 Å². The number of H-pyrrole nitrogens is 1. The van der Waals surface area contributed by atoms with Crippen LogP contribution in [0, 0.1) is 13.8 Å². The molecule has 168 valence electrons. The summed E-state index contributed by atoms with van der Waals surface area (Å²) in [6.07, 6.45) is 2.11. The van der Waals surface area contributed by atoms with Gasteiger partial charge in [0.25, 0.3) is 5.91 Å². The first-order valence-corrected chi connectivity index (χ1v) is 10.9. The van der Waals surface area contributed by atoms with E-state index in [4.69, 9.17) is 9.47 Å². The summed E-state index contributed by atoms with van der Waals surface area (Å²) >= 11 is 0. The van der Waals surface area contributed by atoms with Crippen molar-refractivity contribution in [3.05, 3.63) is 52.3 Å². The molecule has 1 aliphatic rings. The number of nitrogens with one attached hydrogen (secondary N) is 2. The molecule has 2 aromatic rings. The first kappa shape index (κ1) is 22.9. The number of nitrogens with zero attached hydrogens (tertiary/aromatic N) is 1. The molecule has 7 nitrogen and oxygen atoms in total. The van der Waals surface area contributed by atoms with E-state index < -0.39 is 5.97 Å². The lowest BCUT2D eigenvalue weighted by Crippen LogP contribution is -2.37. The van der Waals surface area contributed by atoms with Gasteiger partial charge in [0.05, 0.1) is 24.8 Å². The molecule has 1 atom stereocenters. The molecule has 0 saturated carbocycles. The molecular weight excluding hydrogens is 394 g/mol. The van der Waals surface area contributed by atoms with E-state index in [0.717, 1.165) is 37.2 Å². The van der Waals surface area contributed by atoms with Crippen LogP contribution >= 0.6 is 0 Å². The average molecular weight is 428 g/mol. The van der Waals surface area contributed by atoms with Gasteiger partial charge in [-0.15, -0.1) is 0 Å². The molecule has 0 bridgehead atoms. The van der Waals surface area contributed by atoms with E-state index in [9.17, 15) is 9.59 Å². The maximum Gasteiger partial charge on any atom is 0.340 e. The van der Waals surface area contributed by atoms with E-state index in [0.29, 0.717) is 29.1 Å². The molecule has 2 N–H and O–H groups in total. The third-order valence-corrected chi connectivity index (χ3v) is 5.75. The number of ether oxygens (including phenoxy) is 2. The number of aromatic amines is 1. The molecule has 1 fully saturated rings. The van der Waals surface area contributed by atoms with Gasteiger partial charge < -0.3 is 19.8 Å². The van der Waals surface area contributed by atoms with Gasteiger partial charge in [0.15, 0.2) is 0 Å². The summed E-state index contributed by atoms with van der Waals surface area (Å²) in [4.78, 5) is 30.9. The van der Waals surface area contributed by atoms with Crippen molar-refractivity contribution in [3.8, 4) is 5.75 Å². The Morgan fingerprint density at radius 1 is 1.13 bits per heavy atom. The van der Waals surface area contributed by atoms with Crippen LogP contribution in [0.25, 0.3) is 0 Å². The van der Waals surface area contributed by atoms with Gasteiger partial charge in [0.1, 0.15) is 11.4 Å². The fourth-order valence-corrected chi connectivity index (χ4v) is 4.17. The summed E-state index contributed by atoms with van der Waals surface area (Å²) in [7, 11) is 1.65. The topological polar surface area (TPSA) is 83.7 Å². The van der Waals surface area contributed by atoms with Crippen LogP contribution in [-0.4, -0.2) is 54.6 Å². The fraction of sp³-hybridized carbons (Fsp3) is 0.500. The second-order valence-corrected chi connectivity index (χ2v) is 8.32. The summed E-state index contributed by atoms with van der Waals surface area (Å²) < 4.78 is 10.6. The number of amides is 1. The second kappa shape index (κ2) is 10.0. The van der Waals surface area contributed by atoms with Crippen LogP contribution in [0.2, 0.25) is 0 Å². The van der Waals surface area contributed by atoms with E-state index in [1.807, 2.05) is 12.1 Å². The van der Waals surface area contributed by atoms with Crippen LogP contribution in [0.15, 0.2) is 24.3 Å². The van der Waals surface area contributed by atoms with E-state index >= 15 is 0 Å². The summed E-state index contributed by atoms with van der Waals surface area (Å²) in [5, 5.41) is 3.07. The number of hydrogen-bond donors (Lipinski definition) is 2. The van der Waals surface area contributed by atoms with Gasteiger partial charge in [0, 0.05) is 12.2 Å². The lowest BCUT2D eigenvalue weighted by atomic mass is 10.0. The van der Waals surface area contributed by atoms with Crippen LogP contribution in [0.5, 0.6) is 5.75 Å². The quantitative estimate of drug-likeness (QED) is 0.627. The number of benzene rings is 1. The van der Waals surface area contributed by atoms with Crippen molar-refractivity contribution in [2.75, 3.05) is 26.7 Å². The summed E-state index contributed by atoms with van der Waals surface area (Å²) in [6, 6.07) is 8.09. The van der Waals surface area contributed by atoms with Gasteiger partial charge in [-0.2, -0.15) is 0 Å². The number of carbonyl (C=O) groups excluding carboxylic acids is 2. The van der Waals surface area contributed by atoms with E-state index in [1.54, 1.807) is 34.8 Å². The normalized spacial score (nSPS) is 15.2. The van der Waals surface area contributed by atoms with Crippen molar-refractivity contribution >= 4 is 11.9 Å². The minimum atomic E-state index is -0.409. The maximum absolute atomic E-state index is 13.0. The Bertz CT molecular complexity index is 912. The Labute approximate surface area is 184 Å². The largest absolute Gasteiger partial charge is 0.497 e. The molecule has 1 aromatic carbocycles. The zero-order valence-corrected chi connectivity index (χ0v) is 19.1. The van der Waals surface area contributed by atoms with Gasteiger partial charge in [-0.1, -0.05) is 12.1 Å². The fourth-order valence-electron chi connectivity index (χ4n) is 4.17. The Morgan fingerprint density at radius 2 is 1.77 bits per heavy atom. The second-order valence-electron chi connectivity index (χ2n) is 8.32. The van der Waals surface area contributed by atoms with Crippen LogP contribution in [0.4, 0.5) is 0 Å². The van der Waals surface area contributed by atoms with Crippen molar-refractivity contribution in [2.24, 2.45) is 0 Å². The third kappa shape index (κ3) is 5.28. The van der Waals surface area contributed by atoms with Crippen molar-refractivity contribution in [1.82, 2.24) is 15.2 Å². The van der Waals surface area contributed by atoms with Gasteiger partial charge >= 0.3 is 5.97 Å². The zero-order valence-electron chi connectivity index (χ0n) is 19.1. The minimum Gasteiger partial charge on any atom is -0.497 e. The zero-order chi connectivity index (χ0) is 22.5. The predicted octanol–water partition coefficient (Wildman–Crippen LogP) is 3.77. The molecule has 0 spiro atoms. The number of aromatic nitrogens is 1. The molecule has 0 aliphatic carbocycles. The summed E-state index contributed by atoms with van der Waals surface area (Å²) in [5.74, 6) is 0.182. The molecule has 1 saturated heterocycles. The lowest BCUT2D eigenvalue weighted by Gasteiger charge is -2.28. The van der Waals surface area contributed by atoms with Crippen LogP contribution in [0.3, 0.4) is 0 Å². The van der Waals surface area contributed by atoms with Crippen LogP contribution in [0.1, 0.15) is 70.4 Å². The maximum atomic E-state index is 13.0. The molecule has 7 heteroatoms. The number of aryl methyl sites for hydroxylation is 1. The Morgan fingerprint density at radius 3 is 2.35 bits per heavy atom. The van der Waals surface area contributed by atoms with E-state index in [1.165, 1.54) is 0 Å². The Kier molecular flexibility index (Phi) is 7.38. The predicted molar refractivity (Wildman–Crippen MR) is 120 cm³/mol. The number of esters is 1. The average Bonchev–Trinajstić information content (AvgIpc) is 3.36. The summed E-state index contributed by atoms with van der Waals surface area (Å²) in [5.41, 5.74) is 3.24. The SMILES string of the molecule is COc1ccc(C(CNC(=O)c2[nH]c(C)c(C(=O)OC(C)C)c2C)N2CCCC2)cc1. The highest BCUT2D eigenvalue weighted by atomic mass is 16.5. The first-order valence-electron chi connectivity index (χ1n) is 10.9. The molecule has 1 unspecified atom stereocenters. The van der Waals surface area contributed by atoms with E-state index in [-0.39, 0.29) is 18.1 Å². The highest BCUT2D eigenvalue weighted by Gasteiger charge is 2.27. The highest BCUT2D eigenvalue weighted by Crippen LogP contribution is 2.27. The first-order chi connectivity index (χ1) is 14.8. The van der Waals surface area contributed by atoms with Crippen molar-refractivity contribution in [3.63, 3.8) is 0 Å². The molecule has 31 heavy (non-hydrogen) atoms. The standard InChI is InChI=1S/C24H33N3O4/c1-15(2)31-24(29)21-16(3)22(26-17(21)4)23(28)25-14-20(27-12-6-7-13-27)18-8-10-19(30-5)11-9-18/h8-11,15,20,26H,6-7,12-14H2,1-5H3,(H,25,28). The smallest absolute Gasteiger partial charge is 0.340 e. The summed E-state index contributed by atoms with van der Waals surface area (Å²) in [6.45, 7) is 9.67. The Balaban J connectivity index is 1.75. The number of carbonyl (C=O) groups is 2. The van der Waals surface area contributed by atoms with Gasteiger partial charge in [-0.3, -0.25) is 9.69 Å². The lowest BCUT2D eigenvalue weighted by molar-refractivity contribution is 0.0376. The van der Waals surface area contributed by atoms with Crippen LogP contribution < -0.4 is 10.1 Å². The third-order valence-electron chi connectivity index (χ3n) is 5.75. The molecule has 1 amide bonds. The van der Waals surface area contributed by atoms with Gasteiger partial charge in [0.2, 0.25) is 0 Å². The number of methoxy groups -OCH3 is 1. The van der Waals surface area contributed by atoms with Crippen molar-refractivity contribution in [2.45, 2.75) is 52.7 Å². The number of likely N-dealkylation sites (tertiary alicyclic amines) is 1. The molecule has 1 aromatic heterocycles. The highest BCUT2D eigenvalue weighted by molar-refractivity contribution is 6.00. The van der Waals surface area contributed by atoms with Gasteiger partial charge in [-0.05, 0) is 76.9 Å². The van der Waals surface area contributed by atoms with E-state index in [2.05, 4.69) is 27.3 Å². The molecule has 0 radical (unpaired) electrons. The van der Waals surface area contributed by atoms with Crippen molar-refractivity contribution in [1.29, 1.82) is 0 Å². The number of hydrogen-bond acceptors (Lipinski definition) is 5. The Hall–Kier alpha value is -2.80. The minimum absolute atomic E-state index is 0.0825. The number of rotatable bonds is 8. The van der Waals surface area contributed by atoms with Gasteiger partial charge in [-0.25, -0.2) is 4.79 Å². The van der Waals surface area contributed by atoms with Crippen LogP contribution in [-0.2, 0) is 4.74 Å². The molecular formula is C24H33N3O4.